The Hall–Kier alpha value is -1.59. The lowest BCUT2D eigenvalue weighted by Gasteiger charge is -2.05. The Morgan fingerprint density at radius 1 is 1.22 bits per heavy atom. The molecule has 0 radical (unpaired) electrons. The summed E-state index contributed by atoms with van der Waals surface area (Å²) in [6, 6.07) is 6.66. The van der Waals surface area contributed by atoms with Crippen molar-refractivity contribution in [2.24, 2.45) is 0 Å². The molecular formula is C13H18O5. The largest absolute Gasteiger partial charge is 0.497 e. The van der Waals surface area contributed by atoms with Crippen LogP contribution in [0.3, 0.4) is 0 Å². The SMILES string of the molecule is CCCOCCOOC(=O)c1cccc(OC)c1. The van der Waals surface area contributed by atoms with Crippen LogP contribution >= 0.6 is 0 Å². The molecule has 5 nitrogen and oxygen atoms in total. The van der Waals surface area contributed by atoms with E-state index in [1.165, 1.54) is 7.11 Å². The molecule has 1 aromatic carbocycles. The molecule has 0 unspecified atom stereocenters. The number of carbonyl (C=O) groups excluding carboxylic acids is 1. The van der Waals surface area contributed by atoms with E-state index in [1.54, 1.807) is 24.3 Å². The van der Waals surface area contributed by atoms with Crippen molar-refractivity contribution in [1.29, 1.82) is 0 Å². The van der Waals surface area contributed by atoms with Crippen LogP contribution in [-0.2, 0) is 14.5 Å². The van der Waals surface area contributed by atoms with Crippen LogP contribution in [0.25, 0.3) is 0 Å². The Kier molecular flexibility index (Phi) is 6.83. The number of carbonyl (C=O) groups is 1. The van der Waals surface area contributed by atoms with E-state index in [4.69, 9.17) is 14.4 Å². The Morgan fingerprint density at radius 3 is 2.78 bits per heavy atom. The van der Waals surface area contributed by atoms with Crippen molar-refractivity contribution in [3.63, 3.8) is 0 Å². The van der Waals surface area contributed by atoms with E-state index >= 15 is 0 Å². The maximum atomic E-state index is 11.6. The molecule has 0 saturated heterocycles. The summed E-state index contributed by atoms with van der Waals surface area (Å²) < 4.78 is 10.2. The lowest BCUT2D eigenvalue weighted by Crippen LogP contribution is -2.10. The molecule has 0 aromatic heterocycles. The molecule has 0 N–H and O–H groups in total. The molecule has 18 heavy (non-hydrogen) atoms. The van der Waals surface area contributed by atoms with E-state index in [9.17, 15) is 4.79 Å². The van der Waals surface area contributed by atoms with Crippen molar-refractivity contribution in [3.8, 4) is 5.75 Å². The predicted octanol–water partition coefficient (Wildman–Crippen LogP) is 2.21. The van der Waals surface area contributed by atoms with Gasteiger partial charge in [0.05, 0.1) is 19.3 Å². The van der Waals surface area contributed by atoms with Gasteiger partial charge in [0.1, 0.15) is 12.4 Å². The predicted molar refractivity (Wildman–Crippen MR) is 65.5 cm³/mol. The molecule has 100 valence electrons. The van der Waals surface area contributed by atoms with Crippen molar-refractivity contribution >= 4 is 5.97 Å². The zero-order chi connectivity index (χ0) is 13.2. The average Bonchev–Trinajstić information content (AvgIpc) is 2.42. The third-order valence-electron chi connectivity index (χ3n) is 2.10. The van der Waals surface area contributed by atoms with Crippen molar-refractivity contribution in [2.45, 2.75) is 13.3 Å². The molecule has 0 saturated carbocycles. The van der Waals surface area contributed by atoms with Gasteiger partial charge in [0.25, 0.3) is 0 Å². The third-order valence-corrected chi connectivity index (χ3v) is 2.10. The van der Waals surface area contributed by atoms with Crippen LogP contribution in [0, 0.1) is 0 Å². The Morgan fingerprint density at radius 2 is 2.06 bits per heavy atom. The molecule has 1 rings (SSSR count). The van der Waals surface area contributed by atoms with Gasteiger partial charge < -0.3 is 9.47 Å². The summed E-state index contributed by atoms with van der Waals surface area (Å²) in [4.78, 5) is 20.9. The fraction of sp³-hybridized carbons (Fsp3) is 0.462. The summed E-state index contributed by atoms with van der Waals surface area (Å²) in [6.45, 7) is 3.31. The van der Waals surface area contributed by atoms with Gasteiger partial charge in [-0.05, 0) is 24.6 Å². The van der Waals surface area contributed by atoms with Crippen molar-refractivity contribution in [1.82, 2.24) is 0 Å². The molecular weight excluding hydrogens is 236 g/mol. The minimum absolute atomic E-state index is 0.218. The monoisotopic (exact) mass is 254 g/mol. The topological polar surface area (TPSA) is 54.0 Å². The second kappa shape index (κ2) is 8.49. The summed E-state index contributed by atoms with van der Waals surface area (Å²) in [7, 11) is 1.53. The van der Waals surface area contributed by atoms with E-state index in [2.05, 4.69) is 4.89 Å². The Balaban J connectivity index is 2.27. The summed E-state index contributed by atoms with van der Waals surface area (Å²) in [5.41, 5.74) is 0.379. The highest BCUT2D eigenvalue weighted by molar-refractivity contribution is 5.89. The summed E-state index contributed by atoms with van der Waals surface area (Å²) in [5.74, 6) is 0.0418. The van der Waals surface area contributed by atoms with Crippen LogP contribution < -0.4 is 4.74 Å². The van der Waals surface area contributed by atoms with Gasteiger partial charge in [0.2, 0.25) is 0 Å². The van der Waals surface area contributed by atoms with Gasteiger partial charge >= 0.3 is 5.97 Å². The maximum Gasteiger partial charge on any atom is 0.373 e. The lowest BCUT2D eigenvalue weighted by atomic mass is 10.2. The van der Waals surface area contributed by atoms with E-state index in [-0.39, 0.29) is 6.61 Å². The number of benzene rings is 1. The molecule has 0 heterocycles. The smallest absolute Gasteiger partial charge is 0.373 e. The van der Waals surface area contributed by atoms with Gasteiger partial charge in [-0.2, -0.15) is 4.89 Å². The number of ether oxygens (including phenoxy) is 2. The first-order valence-corrected chi connectivity index (χ1v) is 5.83. The van der Waals surface area contributed by atoms with E-state index < -0.39 is 5.97 Å². The van der Waals surface area contributed by atoms with Crippen molar-refractivity contribution in [2.75, 3.05) is 26.9 Å². The van der Waals surface area contributed by atoms with Crippen LogP contribution in [0.2, 0.25) is 0 Å². The fourth-order valence-electron chi connectivity index (χ4n) is 1.23. The Bertz CT molecular complexity index is 364. The maximum absolute atomic E-state index is 11.6. The molecule has 1 aromatic rings. The van der Waals surface area contributed by atoms with E-state index in [1.807, 2.05) is 6.92 Å². The molecule has 0 atom stereocenters. The zero-order valence-electron chi connectivity index (χ0n) is 10.7. The van der Waals surface area contributed by atoms with Crippen LogP contribution in [0.4, 0.5) is 0 Å². The molecule has 0 aliphatic carbocycles. The minimum atomic E-state index is -0.551. The molecule has 0 aliphatic rings. The molecule has 0 aliphatic heterocycles. The summed E-state index contributed by atoms with van der Waals surface area (Å²) >= 11 is 0. The second-order valence-electron chi connectivity index (χ2n) is 3.54. The minimum Gasteiger partial charge on any atom is -0.497 e. The summed E-state index contributed by atoms with van der Waals surface area (Å²) in [6.07, 6.45) is 0.948. The van der Waals surface area contributed by atoms with Crippen LogP contribution in [0.15, 0.2) is 24.3 Å². The van der Waals surface area contributed by atoms with Gasteiger partial charge in [0, 0.05) is 6.61 Å². The first-order chi connectivity index (χ1) is 8.77. The standard InChI is InChI=1S/C13H18O5/c1-3-7-16-8-9-17-18-13(14)11-5-4-6-12(10-11)15-2/h4-6,10H,3,7-9H2,1-2H3. The van der Waals surface area contributed by atoms with E-state index in [0.29, 0.717) is 24.5 Å². The normalized spacial score (nSPS) is 10.1. The van der Waals surface area contributed by atoms with Gasteiger partial charge in [0.15, 0.2) is 0 Å². The van der Waals surface area contributed by atoms with Crippen molar-refractivity contribution < 1.29 is 24.0 Å². The highest BCUT2D eigenvalue weighted by Gasteiger charge is 2.09. The highest BCUT2D eigenvalue weighted by atomic mass is 17.2. The van der Waals surface area contributed by atoms with Gasteiger partial charge in [-0.25, -0.2) is 4.79 Å². The highest BCUT2D eigenvalue weighted by Crippen LogP contribution is 2.13. The first-order valence-electron chi connectivity index (χ1n) is 5.83. The number of hydrogen-bond donors (Lipinski definition) is 0. The fourth-order valence-corrected chi connectivity index (χ4v) is 1.23. The quantitative estimate of drug-likeness (QED) is 0.404. The molecule has 5 heteroatoms. The van der Waals surface area contributed by atoms with Crippen LogP contribution in [0.5, 0.6) is 5.75 Å². The molecule has 0 fully saturated rings. The second-order valence-corrected chi connectivity index (χ2v) is 3.54. The zero-order valence-corrected chi connectivity index (χ0v) is 10.7. The van der Waals surface area contributed by atoms with Crippen molar-refractivity contribution in [3.05, 3.63) is 29.8 Å². The van der Waals surface area contributed by atoms with Gasteiger partial charge in [-0.15, -0.1) is 0 Å². The number of hydrogen-bond acceptors (Lipinski definition) is 5. The lowest BCUT2D eigenvalue weighted by molar-refractivity contribution is -0.247. The Labute approximate surface area is 107 Å². The molecule has 0 bridgehead atoms. The van der Waals surface area contributed by atoms with E-state index in [0.717, 1.165) is 6.42 Å². The molecule has 0 amide bonds. The van der Waals surface area contributed by atoms with Crippen LogP contribution in [0.1, 0.15) is 23.7 Å². The van der Waals surface area contributed by atoms with Gasteiger partial charge in [-0.1, -0.05) is 13.0 Å². The van der Waals surface area contributed by atoms with Gasteiger partial charge in [-0.3, -0.25) is 4.89 Å². The van der Waals surface area contributed by atoms with Crippen LogP contribution in [-0.4, -0.2) is 32.9 Å². The average molecular weight is 254 g/mol. The summed E-state index contributed by atoms with van der Waals surface area (Å²) in [5, 5.41) is 0. The number of methoxy groups -OCH3 is 1. The third kappa shape index (κ3) is 5.16. The number of rotatable bonds is 8. The molecule has 0 spiro atoms. The first kappa shape index (κ1) is 14.5.